The first kappa shape index (κ1) is 60.0. The van der Waals surface area contributed by atoms with Gasteiger partial charge in [-0.05, 0) is 110 Å². The number of hydrogen-bond donors (Lipinski definition) is 1. The molecule has 0 saturated carbocycles. The van der Waals surface area contributed by atoms with Crippen molar-refractivity contribution in [3.63, 3.8) is 0 Å². The number of benzene rings is 3. The predicted octanol–water partition coefficient (Wildman–Crippen LogP) is 0.327. The number of carboxylic acid groups (broad SMARTS) is 1. The number of carbonyl (C=O) groups is 1. The Hall–Kier alpha value is -3.29. The number of anilines is 1. The maximum absolute atomic E-state index is 12.1. The Kier molecular flexibility index (Phi) is 21.7. The van der Waals surface area contributed by atoms with E-state index in [4.69, 9.17) is 22.5 Å². The Bertz CT molecular complexity index is 3010. The van der Waals surface area contributed by atoms with Gasteiger partial charge in [-0.25, -0.2) is 29.8 Å². The molecule has 23 heteroatoms. The molecule has 3 aliphatic rings. The fourth-order valence-corrected chi connectivity index (χ4v) is 10.2. The van der Waals surface area contributed by atoms with E-state index in [1.165, 1.54) is 36.4 Å². The maximum atomic E-state index is 12.1. The number of aliphatic carboxylic acids is 1. The first-order valence-electron chi connectivity index (χ1n) is 21.2. The minimum absolute atomic E-state index is 0. The van der Waals surface area contributed by atoms with Gasteiger partial charge in [-0.15, -0.1) is 18.7 Å². The van der Waals surface area contributed by atoms with Crippen LogP contribution >= 0.6 is 0 Å². The van der Waals surface area contributed by atoms with Crippen molar-refractivity contribution >= 4 is 64.0 Å². The van der Waals surface area contributed by atoms with E-state index in [2.05, 4.69) is 29.4 Å². The Labute approximate surface area is 450 Å². The van der Waals surface area contributed by atoms with Gasteiger partial charge < -0.3 is 28.4 Å². The minimum Gasteiger partial charge on any atom is -0.748 e. The van der Waals surface area contributed by atoms with Crippen LogP contribution < -0.4 is 68.8 Å². The van der Waals surface area contributed by atoms with E-state index in [1.54, 1.807) is 6.07 Å². The molecule has 2 heterocycles. The summed E-state index contributed by atoms with van der Waals surface area (Å²) in [6, 6.07) is 18.4. The topological polar surface area (TPSA) is 276 Å². The number of hydrogen-bond acceptors (Lipinski definition) is 15. The molecule has 0 amide bonds. The summed E-state index contributed by atoms with van der Waals surface area (Å²) in [6.07, 6.45) is 12.3. The molecule has 0 bridgehead atoms. The second-order valence-electron chi connectivity index (χ2n) is 17.2. The second-order valence-corrected chi connectivity index (χ2v) is 21.9. The van der Waals surface area contributed by atoms with Crippen LogP contribution in [0.4, 0.5) is 11.4 Å². The van der Waals surface area contributed by atoms with Crippen LogP contribution in [0.3, 0.4) is 0 Å². The molecular formula is C46H51N2Na2O15S4-. The van der Waals surface area contributed by atoms with Crippen LogP contribution in [0.25, 0.3) is 0 Å². The summed E-state index contributed by atoms with van der Waals surface area (Å²) in [5.74, 6) is -0.533. The normalized spacial score (nSPS) is 17.5. The third-order valence-corrected chi connectivity index (χ3v) is 14.3. The van der Waals surface area contributed by atoms with Gasteiger partial charge >= 0.3 is 75.7 Å². The van der Waals surface area contributed by atoms with Crippen LogP contribution in [0.5, 0.6) is 5.75 Å². The summed E-state index contributed by atoms with van der Waals surface area (Å²) in [7, 11) is -16.9. The van der Waals surface area contributed by atoms with E-state index in [0.29, 0.717) is 68.7 Å². The molecule has 0 radical (unpaired) electrons. The summed E-state index contributed by atoms with van der Waals surface area (Å²) in [5.41, 5.74) is 5.47. The Morgan fingerprint density at radius 2 is 1.45 bits per heavy atom. The van der Waals surface area contributed by atoms with Crippen molar-refractivity contribution in [2.75, 3.05) is 23.7 Å². The molecule has 69 heavy (non-hydrogen) atoms. The van der Waals surface area contributed by atoms with Crippen LogP contribution in [-0.2, 0) is 56.6 Å². The summed E-state index contributed by atoms with van der Waals surface area (Å²) < 4.78 is 140. The molecule has 0 aromatic heterocycles. The molecule has 0 unspecified atom stereocenters. The first-order valence-corrected chi connectivity index (χ1v) is 26.6. The molecule has 0 spiro atoms. The van der Waals surface area contributed by atoms with Crippen LogP contribution in [0, 0.1) is 6.07 Å². The predicted molar refractivity (Wildman–Crippen MR) is 244 cm³/mol. The number of rotatable bonds is 18. The second kappa shape index (κ2) is 24.9. The van der Waals surface area contributed by atoms with Crippen LogP contribution in [-0.4, -0.2) is 91.7 Å². The summed E-state index contributed by atoms with van der Waals surface area (Å²) in [6.45, 7) is 9.02. The van der Waals surface area contributed by atoms with Crippen molar-refractivity contribution < 1.29 is 130 Å². The molecule has 2 aliphatic heterocycles. The van der Waals surface area contributed by atoms with E-state index in [-0.39, 0.29) is 76.9 Å². The zero-order valence-electron chi connectivity index (χ0n) is 39.3. The van der Waals surface area contributed by atoms with Crippen molar-refractivity contribution in [3.8, 4) is 5.75 Å². The van der Waals surface area contributed by atoms with Crippen molar-refractivity contribution in [1.29, 1.82) is 0 Å². The van der Waals surface area contributed by atoms with Gasteiger partial charge in [-0.2, -0.15) is 18.2 Å². The Morgan fingerprint density at radius 1 is 0.812 bits per heavy atom. The van der Waals surface area contributed by atoms with E-state index >= 15 is 0 Å². The van der Waals surface area contributed by atoms with Gasteiger partial charge in [-0.3, -0.25) is 4.79 Å². The fourth-order valence-electron chi connectivity index (χ4n) is 8.63. The van der Waals surface area contributed by atoms with Crippen molar-refractivity contribution in [2.24, 2.45) is 0 Å². The molecule has 0 saturated heterocycles. The molecule has 0 atom stereocenters. The van der Waals surface area contributed by atoms with Gasteiger partial charge in [-0.1, -0.05) is 45.8 Å². The van der Waals surface area contributed by atoms with Gasteiger partial charge in [0.15, 0.2) is 5.71 Å². The first-order chi connectivity index (χ1) is 31.2. The summed E-state index contributed by atoms with van der Waals surface area (Å²) in [5, 5.41) is 9.17. The van der Waals surface area contributed by atoms with E-state index in [9.17, 15) is 43.7 Å². The van der Waals surface area contributed by atoms with Gasteiger partial charge in [0.05, 0.1) is 19.9 Å². The largest absolute Gasteiger partial charge is 1.00 e. The molecule has 3 aromatic carbocycles. The number of nitrogens with zero attached hydrogens (tertiary/aromatic N) is 2. The molecule has 362 valence electrons. The summed E-state index contributed by atoms with van der Waals surface area (Å²) >= 11 is 0. The van der Waals surface area contributed by atoms with Crippen molar-refractivity contribution in [1.82, 2.24) is 0 Å². The smallest absolute Gasteiger partial charge is 0.748 e. The Balaban J connectivity index is 0.00000202. The molecule has 3 aromatic rings. The molecule has 17 nitrogen and oxygen atoms in total. The summed E-state index contributed by atoms with van der Waals surface area (Å²) in [4.78, 5) is 12.5. The number of allylic oxidation sites excluding steroid dienone is 7. The van der Waals surface area contributed by atoms with Crippen molar-refractivity contribution in [2.45, 2.75) is 106 Å². The maximum Gasteiger partial charge on any atom is 1.00 e. The Morgan fingerprint density at radius 3 is 2.06 bits per heavy atom. The fraction of sp³-hybridized carbons (Fsp3) is 0.391. The third-order valence-electron chi connectivity index (χ3n) is 11.9. The third kappa shape index (κ3) is 15.8. The van der Waals surface area contributed by atoms with Gasteiger partial charge in [0, 0.05) is 53.4 Å². The minimum atomic E-state index is -4.75. The SMILES string of the molecule is CC1(C)C(=CC=C2CCCC(C=CC3=[N+](CCCCS(=O)(=O)[O-])c4cc[c-]cc4C3(C)C)=C2Oc2ccc(S(=O)(=O)[O-])cc2)N(CCCCCC(=O)O)c2ccc(S(=O)(=O)[O-])cc21.O=S(=O)=O.[Na+].[Na+]. The van der Waals surface area contributed by atoms with Gasteiger partial charge in [0.1, 0.15) is 44.0 Å². The monoisotopic (exact) mass is 1050 g/mol. The quantitative estimate of drug-likeness (QED) is 0.0591. The van der Waals surface area contributed by atoms with Crippen LogP contribution in [0.15, 0.2) is 117 Å². The molecule has 1 N–H and O–H groups in total. The number of fused-ring (bicyclic) bond motifs is 2. The van der Waals surface area contributed by atoms with E-state index in [0.717, 1.165) is 45.9 Å². The van der Waals surface area contributed by atoms with E-state index < -0.39 is 68.4 Å². The number of ether oxygens (including phenoxy) is 1. The molecule has 0 fully saturated rings. The molecular weight excluding hydrogens is 995 g/mol. The van der Waals surface area contributed by atoms with Crippen LogP contribution in [0.2, 0.25) is 0 Å². The standard InChI is InChI=1S/C46H54N2O12S3.2Na.O3S/c1-45(2)37-15-7-8-16-39(37)47(29-10-11-30-61(51,52)53)41(45)26-18-32-13-12-14-33(44(32)60-34-20-22-35(23-21-34)62(54,55)56)19-27-42-46(3,4)38-31-36(63(57,58)59)24-25-40(38)48(42)28-9-5-6-17-43(49)50;;;1-4(2)3/h8,15-16,18-27,31H,5-6,9-14,17,28-30H2,1-4H3,(H,49,50)(H,51,52,53)(H,54,55,56)(H,57,58,59);;;/q;2*+1;/p-3. The molecule has 6 rings (SSSR count). The number of unbranched alkanes of at least 4 members (excludes halogenated alkanes) is 3. The molecule has 1 aliphatic carbocycles. The van der Waals surface area contributed by atoms with E-state index in [1.807, 2.05) is 56.4 Å². The average Bonchev–Trinajstić information content (AvgIpc) is 3.57. The zero-order chi connectivity index (χ0) is 49.5. The van der Waals surface area contributed by atoms with Gasteiger partial charge in [0.2, 0.25) is 0 Å². The van der Waals surface area contributed by atoms with Crippen LogP contribution in [0.1, 0.15) is 96.6 Å². The zero-order valence-corrected chi connectivity index (χ0v) is 46.5. The van der Waals surface area contributed by atoms with Gasteiger partial charge in [0.25, 0.3) is 0 Å². The van der Waals surface area contributed by atoms with Crippen molar-refractivity contribution in [3.05, 3.63) is 125 Å². The average molecular weight is 1050 g/mol. The number of carboxylic acids is 1.